The first-order chi connectivity index (χ1) is 7.49. The highest BCUT2D eigenvalue weighted by Gasteiger charge is 2.29. The van der Waals surface area contributed by atoms with Gasteiger partial charge >= 0.3 is 6.18 Å². The van der Waals surface area contributed by atoms with E-state index in [1.807, 2.05) is 0 Å². The van der Waals surface area contributed by atoms with Crippen LogP contribution < -0.4 is 0 Å². The maximum Gasteiger partial charge on any atom is 0.416 e. The van der Waals surface area contributed by atoms with Gasteiger partial charge in [-0.1, -0.05) is 12.1 Å². The summed E-state index contributed by atoms with van der Waals surface area (Å²) in [4.78, 5) is 0. The van der Waals surface area contributed by atoms with Gasteiger partial charge in [-0.05, 0) is 17.7 Å². The number of rotatable bonds is 1. The summed E-state index contributed by atoms with van der Waals surface area (Å²) in [5.74, 6) is 0. The van der Waals surface area contributed by atoms with Crippen molar-refractivity contribution in [3.63, 3.8) is 0 Å². The molecule has 5 heteroatoms. The maximum absolute atomic E-state index is 12.2. The van der Waals surface area contributed by atoms with Gasteiger partial charge in [-0.25, -0.2) is 0 Å². The van der Waals surface area contributed by atoms with E-state index in [9.17, 15) is 13.2 Å². The number of hydrogen-bond donors (Lipinski definition) is 0. The average molecular weight is 222 g/mol. The molecule has 0 bridgehead atoms. The Morgan fingerprint density at radius 1 is 1.12 bits per heavy atom. The van der Waals surface area contributed by atoms with Crippen molar-refractivity contribution in [2.45, 2.75) is 6.18 Å². The van der Waals surface area contributed by atoms with Crippen molar-refractivity contribution in [2.24, 2.45) is 0 Å². The van der Waals surface area contributed by atoms with Crippen LogP contribution in [0.3, 0.4) is 0 Å². The molecule has 0 saturated carbocycles. The Morgan fingerprint density at radius 2 is 1.69 bits per heavy atom. The van der Waals surface area contributed by atoms with E-state index in [4.69, 9.17) is 10.5 Å². The van der Waals surface area contributed by atoms with Crippen molar-refractivity contribution in [3.05, 3.63) is 41.5 Å². The lowest BCUT2D eigenvalue weighted by Gasteiger charge is -2.06. The first kappa shape index (κ1) is 11.8. The molecule has 0 unspecified atom stereocenters. The van der Waals surface area contributed by atoms with E-state index in [0.29, 0.717) is 0 Å². The molecule has 0 radical (unpaired) electrons. The minimum absolute atomic E-state index is 0.0382. The molecule has 0 aliphatic heterocycles. The van der Waals surface area contributed by atoms with Crippen molar-refractivity contribution in [3.8, 4) is 12.1 Å². The molecule has 0 heterocycles. The fourth-order valence-electron chi connectivity index (χ4n) is 1.08. The number of allylic oxidation sites excluding steroid dienone is 2. The lowest BCUT2D eigenvalue weighted by Crippen LogP contribution is -2.04. The summed E-state index contributed by atoms with van der Waals surface area (Å²) in [6.07, 6.45) is -3.41. The number of benzene rings is 1. The van der Waals surface area contributed by atoms with E-state index in [1.165, 1.54) is 0 Å². The zero-order valence-electron chi connectivity index (χ0n) is 7.92. The number of halogens is 3. The van der Waals surface area contributed by atoms with Crippen molar-refractivity contribution in [2.75, 3.05) is 0 Å². The monoisotopic (exact) mass is 222 g/mol. The molecule has 0 saturated heterocycles. The van der Waals surface area contributed by atoms with Gasteiger partial charge in [-0.15, -0.1) is 0 Å². The third-order valence-corrected chi connectivity index (χ3v) is 1.85. The summed E-state index contributed by atoms with van der Waals surface area (Å²) in [6, 6.07) is 7.46. The number of hydrogen-bond acceptors (Lipinski definition) is 2. The normalized spacial score (nSPS) is 11.7. The number of nitriles is 2. The molecular weight excluding hydrogens is 217 g/mol. The molecule has 1 rings (SSSR count). The second kappa shape index (κ2) is 4.50. The van der Waals surface area contributed by atoms with Gasteiger partial charge in [-0.2, -0.15) is 23.7 Å². The summed E-state index contributed by atoms with van der Waals surface area (Å²) in [7, 11) is 0. The van der Waals surface area contributed by atoms with Gasteiger partial charge in [-0.3, -0.25) is 0 Å². The molecule has 0 aromatic heterocycles. The molecule has 0 aliphatic rings. The van der Waals surface area contributed by atoms with Crippen LogP contribution in [0, 0.1) is 22.7 Å². The minimum Gasteiger partial charge on any atom is -0.193 e. The molecular formula is C11H5F3N2. The highest BCUT2D eigenvalue weighted by molar-refractivity contribution is 5.78. The highest BCUT2D eigenvalue weighted by atomic mass is 19.4. The fraction of sp³-hybridized carbons (Fsp3) is 0.0909. The van der Waals surface area contributed by atoms with Crippen LogP contribution >= 0.6 is 0 Å². The number of nitrogens with zero attached hydrogens (tertiary/aromatic N) is 2. The molecule has 2 nitrogen and oxygen atoms in total. The van der Waals surface area contributed by atoms with E-state index in [1.54, 1.807) is 12.1 Å². The highest BCUT2D eigenvalue weighted by Crippen LogP contribution is 2.29. The van der Waals surface area contributed by atoms with Crippen molar-refractivity contribution in [1.29, 1.82) is 10.5 Å². The van der Waals surface area contributed by atoms with E-state index in [-0.39, 0.29) is 11.1 Å². The molecule has 0 N–H and O–H groups in total. The van der Waals surface area contributed by atoms with E-state index >= 15 is 0 Å². The van der Waals surface area contributed by atoms with Crippen molar-refractivity contribution < 1.29 is 13.2 Å². The molecule has 80 valence electrons. The topological polar surface area (TPSA) is 47.6 Å². The summed E-state index contributed by atoms with van der Waals surface area (Å²) in [5, 5.41) is 17.0. The zero-order valence-corrected chi connectivity index (χ0v) is 7.92. The predicted molar refractivity (Wildman–Crippen MR) is 50.6 cm³/mol. The van der Waals surface area contributed by atoms with Crippen LogP contribution in [0.1, 0.15) is 11.1 Å². The summed E-state index contributed by atoms with van der Waals surface area (Å²) < 4.78 is 36.7. The Bertz CT molecular complexity index is 484. The van der Waals surface area contributed by atoms with Crippen LogP contribution in [0.4, 0.5) is 13.2 Å². The molecule has 0 atom stereocenters. The van der Waals surface area contributed by atoms with Gasteiger partial charge in [0.1, 0.15) is 6.07 Å². The van der Waals surface area contributed by atoms with Gasteiger partial charge in [0.25, 0.3) is 0 Å². The zero-order chi connectivity index (χ0) is 12.2. The average Bonchev–Trinajstić information content (AvgIpc) is 2.25. The smallest absolute Gasteiger partial charge is 0.193 e. The SMILES string of the molecule is N#C/C=C(/C#N)c1ccc(C(F)(F)F)cc1. The van der Waals surface area contributed by atoms with E-state index in [2.05, 4.69) is 0 Å². The Kier molecular flexibility index (Phi) is 3.32. The maximum atomic E-state index is 12.2. The Hall–Kier alpha value is -2.27. The first-order valence-electron chi connectivity index (χ1n) is 4.16. The van der Waals surface area contributed by atoms with Gasteiger partial charge in [0.05, 0.1) is 17.2 Å². The van der Waals surface area contributed by atoms with E-state index < -0.39 is 11.7 Å². The third kappa shape index (κ3) is 2.61. The quantitative estimate of drug-likeness (QED) is 0.685. The van der Waals surface area contributed by atoms with Crippen LogP contribution in [0.25, 0.3) is 5.57 Å². The molecule has 1 aromatic carbocycles. The largest absolute Gasteiger partial charge is 0.416 e. The van der Waals surface area contributed by atoms with Crippen LogP contribution in [0.2, 0.25) is 0 Å². The first-order valence-corrected chi connectivity index (χ1v) is 4.16. The van der Waals surface area contributed by atoms with Crippen LogP contribution in [0.5, 0.6) is 0 Å². The molecule has 0 spiro atoms. The van der Waals surface area contributed by atoms with Crippen LogP contribution in [-0.4, -0.2) is 0 Å². The van der Waals surface area contributed by atoms with Crippen molar-refractivity contribution >= 4 is 5.57 Å². The lowest BCUT2D eigenvalue weighted by molar-refractivity contribution is -0.137. The molecule has 0 fully saturated rings. The van der Waals surface area contributed by atoms with E-state index in [0.717, 1.165) is 30.3 Å². The Morgan fingerprint density at radius 3 is 2.06 bits per heavy atom. The molecule has 0 amide bonds. The van der Waals surface area contributed by atoms with Crippen molar-refractivity contribution in [1.82, 2.24) is 0 Å². The summed E-state index contributed by atoms with van der Waals surface area (Å²) in [6.45, 7) is 0. The second-order valence-corrected chi connectivity index (χ2v) is 2.87. The molecule has 1 aromatic rings. The lowest BCUT2D eigenvalue weighted by atomic mass is 10.0. The van der Waals surface area contributed by atoms with Gasteiger partial charge in [0.2, 0.25) is 0 Å². The molecule has 0 aliphatic carbocycles. The number of alkyl halides is 3. The standard InChI is InChI=1S/C11H5F3N2/c12-11(13,14)10-3-1-8(2-4-10)9(7-16)5-6-15/h1-5H/b9-5-. The second-order valence-electron chi connectivity index (χ2n) is 2.87. The van der Waals surface area contributed by atoms with Crippen LogP contribution in [0.15, 0.2) is 30.3 Å². The Balaban J connectivity index is 3.11. The summed E-state index contributed by atoms with van der Waals surface area (Å²) in [5.41, 5.74) is -0.459. The van der Waals surface area contributed by atoms with Crippen LogP contribution in [-0.2, 0) is 6.18 Å². The van der Waals surface area contributed by atoms with Gasteiger partial charge in [0.15, 0.2) is 0 Å². The van der Waals surface area contributed by atoms with Gasteiger partial charge in [0, 0.05) is 6.08 Å². The third-order valence-electron chi connectivity index (χ3n) is 1.85. The summed E-state index contributed by atoms with van der Waals surface area (Å²) >= 11 is 0. The fourth-order valence-corrected chi connectivity index (χ4v) is 1.08. The Labute approximate surface area is 89.8 Å². The predicted octanol–water partition coefficient (Wildman–Crippen LogP) is 3.14. The molecule has 16 heavy (non-hydrogen) atoms. The van der Waals surface area contributed by atoms with Gasteiger partial charge < -0.3 is 0 Å². The minimum atomic E-state index is -4.40.